The molecular formula is C25H26S. The number of benzene rings is 3. The van der Waals surface area contributed by atoms with Crippen LogP contribution in [-0.2, 0) is 0 Å². The van der Waals surface area contributed by atoms with Crippen molar-refractivity contribution in [1.29, 1.82) is 0 Å². The topological polar surface area (TPSA) is 0 Å². The first-order valence-electron chi connectivity index (χ1n) is 9.34. The van der Waals surface area contributed by atoms with E-state index in [1.807, 2.05) is 11.8 Å². The van der Waals surface area contributed by atoms with Crippen molar-refractivity contribution in [3.05, 3.63) is 92.5 Å². The predicted molar refractivity (Wildman–Crippen MR) is 113 cm³/mol. The molecule has 0 amide bonds. The fourth-order valence-corrected chi connectivity index (χ4v) is 5.65. The zero-order chi connectivity index (χ0) is 18.6. The molecule has 1 heteroatoms. The summed E-state index contributed by atoms with van der Waals surface area (Å²) in [5.41, 5.74) is 12.9. The molecule has 3 aromatic rings. The van der Waals surface area contributed by atoms with E-state index in [-0.39, 0.29) is 0 Å². The van der Waals surface area contributed by atoms with Gasteiger partial charge in [0.1, 0.15) is 0 Å². The van der Waals surface area contributed by atoms with Crippen LogP contribution in [0.1, 0.15) is 56.0 Å². The summed E-state index contributed by atoms with van der Waals surface area (Å²) in [4.78, 5) is 2.85. The van der Waals surface area contributed by atoms with Crippen LogP contribution in [0.4, 0.5) is 0 Å². The highest BCUT2D eigenvalue weighted by atomic mass is 32.2. The van der Waals surface area contributed by atoms with E-state index in [4.69, 9.17) is 0 Å². The van der Waals surface area contributed by atoms with Gasteiger partial charge in [-0.2, -0.15) is 0 Å². The second-order valence-corrected chi connectivity index (χ2v) is 8.74. The maximum atomic E-state index is 2.33. The van der Waals surface area contributed by atoms with Crippen LogP contribution < -0.4 is 0 Å². The lowest BCUT2D eigenvalue weighted by molar-refractivity contribution is 0.860. The highest BCUT2D eigenvalue weighted by Crippen LogP contribution is 2.52. The summed E-state index contributed by atoms with van der Waals surface area (Å²) in [6, 6.07) is 15.9. The Morgan fingerprint density at radius 2 is 1.27 bits per heavy atom. The van der Waals surface area contributed by atoms with Crippen LogP contribution in [0.2, 0.25) is 0 Å². The lowest BCUT2D eigenvalue weighted by Gasteiger charge is -2.33. The lowest BCUT2D eigenvalue weighted by Crippen LogP contribution is -2.16. The molecule has 0 fully saturated rings. The Balaban J connectivity index is 2.13. The molecule has 0 saturated carbocycles. The number of aryl methyl sites for hydroxylation is 4. The Morgan fingerprint density at radius 3 is 1.96 bits per heavy atom. The first-order valence-corrected chi connectivity index (χ1v) is 10.2. The van der Waals surface area contributed by atoms with Gasteiger partial charge in [0.25, 0.3) is 0 Å². The highest BCUT2D eigenvalue weighted by Gasteiger charge is 2.32. The van der Waals surface area contributed by atoms with E-state index in [0.29, 0.717) is 5.92 Å². The smallest absolute Gasteiger partial charge is 0.0370 e. The summed E-state index contributed by atoms with van der Waals surface area (Å²) >= 11 is 1.94. The summed E-state index contributed by atoms with van der Waals surface area (Å²) in [5.74, 6) is 0.320. The van der Waals surface area contributed by atoms with Gasteiger partial charge in [-0.3, -0.25) is 0 Å². The SMILES string of the molecule is Cc1cc(C)c(C)c(C2c3ccccc3Sc3c(C)ccc(C)c32)c1C. The van der Waals surface area contributed by atoms with E-state index >= 15 is 0 Å². The molecule has 132 valence electrons. The summed E-state index contributed by atoms with van der Waals surface area (Å²) in [5, 5.41) is 0. The average Bonchev–Trinajstić information content (AvgIpc) is 2.63. The maximum Gasteiger partial charge on any atom is 0.0370 e. The summed E-state index contributed by atoms with van der Waals surface area (Å²) in [6.07, 6.45) is 0. The van der Waals surface area contributed by atoms with Crippen LogP contribution in [0.15, 0.2) is 52.3 Å². The molecular weight excluding hydrogens is 332 g/mol. The van der Waals surface area contributed by atoms with Gasteiger partial charge in [-0.1, -0.05) is 48.2 Å². The van der Waals surface area contributed by atoms with Crippen molar-refractivity contribution >= 4 is 11.8 Å². The Kier molecular flexibility index (Phi) is 4.23. The fraction of sp³-hybridized carbons (Fsp3) is 0.280. The Morgan fingerprint density at radius 1 is 0.654 bits per heavy atom. The van der Waals surface area contributed by atoms with E-state index in [2.05, 4.69) is 84.0 Å². The van der Waals surface area contributed by atoms with Gasteiger partial charge in [0, 0.05) is 15.7 Å². The van der Waals surface area contributed by atoms with E-state index in [9.17, 15) is 0 Å². The van der Waals surface area contributed by atoms with Gasteiger partial charge in [-0.25, -0.2) is 0 Å². The molecule has 1 unspecified atom stereocenters. The minimum atomic E-state index is 0.320. The second-order valence-electron chi connectivity index (χ2n) is 7.69. The molecule has 3 aromatic carbocycles. The Bertz CT molecular complexity index is 1000. The van der Waals surface area contributed by atoms with E-state index in [0.717, 1.165) is 0 Å². The zero-order valence-electron chi connectivity index (χ0n) is 16.5. The first kappa shape index (κ1) is 17.4. The van der Waals surface area contributed by atoms with E-state index < -0.39 is 0 Å². The number of hydrogen-bond acceptors (Lipinski definition) is 1. The van der Waals surface area contributed by atoms with Crippen molar-refractivity contribution in [3.8, 4) is 0 Å². The molecule has 1 heterocycles. The third-order valence-electron chi connectivity index (χ3n) is 6.05. The molecule has 0 bridgehead atoms. The average molecular weight is 359 g/mol. The number of hydrogen-bond donors (Lipinski definition) is 0. The fourth-order valence-electron chi connectivity index (χ4n) is 4.36. The zero-order valence-corrected chi connectivity index (χ0v) is 17.3. The van der Waals surface area contributed by atoms with Crippen LogP contribution >= 0.6 is 11.8 Å². The summed E-state index contributed by atoms with van der Waals surface area (Å²) in [6.45, 7) is 13.6. The Labute approximate surface area is 161 Å². The third-order valence-corrected chi connectivity index (χ3v) is 7.39. The molecule has 26 heavy (non-hydrogen) atoms. The molecule has 1 aliphatic heterocycles. The predicted octanol–water partition coefficient (Wildman–Crippen LogP) is 7.18. The number of rotatable bonds is 1. The molecule has 4 rings (SSSR count). The van der Waals surface area contributed by atoms with Crippen LogP contribution in [0, 0.1) is 41.5 Å². The van der Waals surface area contributed by atoms with Crippen molar-refractivity contribution < 1.29 is 0 Å². The molecule has 0 aromatic heterocycles. The van der Waals surface area contributed by atoms with Gasteiger partial charge >= 0.3 is 0 Å². The number of fused-ring (bicyclic) bond motifs is 2. The van der Waals surface area contributed by atoms with Crippen LogP contribution in [0.5, 0.6) is 0 Å². The van der Waals surface area contributed by atoms with Gasteiger partial charge in [0.2, 0.25) is 0 Å². The normalized spacial score (nSPS) is 15.5. The molecule has 0 spiro atoms. The molecule has 0 aliphatic carbocycles. The first-order chi connectivity index (χ1) is 12.4. The quantitative estimate of drug-likeness (QED) is 0.347. The third kappa shape index (κ3) is 2.53. The largest absolute Gasteiger partial charge is 0.0892 e. The van der Waals surface area contributed by atoms with Gasteiger partial charge < -0.3 is 0 Å². The van der Waals surface area contributed by atoms with Gasteiger partial charge in [-0.05, 0) is 97.7 Å². The molecule has 0 saturated heterocycles. The van der Waals surface area contributed by atoms with Crippen LogP contribution in [0.3, 0.4) is 0 Å². The van der Waals surface area contributed by atoms with Crippen molar-refractivity contribution in [2.45, 2.75) is 57.3 Å². The molecule has 0 radical (unpaired) electrons. The van der Waals surface area contributed by atoms with Crippen molar-refractivity contribution in [1.82, 2.24) is 0 Å². The van der Waals surface area contributed by atoms with E-state index in [1.165, 1.54) is 59.9 Å². The van der Waals surface area contributed by atoms with Crippen LogP contribution in [-0.4, -0.2) is 0 Å². The van der Waals surface area contributed by atoms with Crippen molar-refractivity contribution in [2.24, 2.45) is 0 Å². The molecule has 1 aliphatic rings. The maximum absolute atomic E-state index is 2.33. The second kappa shape index (κ2) is 6.32. The minimum Gasteiger partial charge on any atom is -0.0892 e. The van der Waals surface area contributed by atoms with Crippen molar-refractivity contribution in [3.63, 3.8) is 0 Å². The lowest BCUT2D eigenvalue weighted by atomic mass is 9.77. The molecule has 0 N–H and O–H groups in total. The molecule has 1 atom stereocenters. The summed E-state index contributed by atoms with van der Waals surface area (Å²) in [7, 11) is 0. The monoisotopic (exact) mass is 358 g/mol. The van der Waals surface area contributed by atoms with Crippen molar-refractivity contribution in [2.75, 3.05) is 0 Å². The van der Waals surface area contributed by atoms with E-state index in [1.54, 1.807) is 0 Å². The van der Waals surface area contributed by atoms with Gasteiger partial charge in [0.05, 0.1) is 0 Å². The summed E-state index contributed by atoms with van der Waals surface area (Å²) < 4.78 is 0. The minimum absolute atomic E-state index is 0.320. The highest BCUT2D eigenvalue weighted by molar-refractivity contribution is 7.99. The van der Waals surface area contributed by atoms with Gasteiger partial charge in [-0.15, -0.1) is 0 Å². The van der Waals surface area contributed by atoms with Gasteiger partial charge in [0.15, 0.2) is 0 Å². The Hall–Kier alpha value is -1.99. The van der Waals surface area contributed by atoms with Crippen LogP contribution in [0.25, 0.3) is 0 Å². The molecule has 0 nitrogen and oxygen atoms in total. The standard InChI is InChI=1S/C25H26S/c1-14-11-12-15(2)25-22(14)24(20-9-7-8-10-21(20)26-25)23-18(5)16(3)13-17(4)19(23)6/h7-13,24H,1-6H3.